The molecule has 1 aliphatic heterocycles. The molecule has 0 unspecified atom stereocenters. The van der Waals surface area contributed by atoms with Crippen molar-refractivity contribution in [2.75, 3.05) is 18.5 Å². The molecule has 1 aliphatic rings. The molecule has 0 radical (unpaired) electrons. The molecule has 88 valence electrons. The van der Waals surface area contributed by atoms with E-state index in [2.05, 4.69) is 4.90 Å². The number of hydrogen-bond acceptors (Lipinski definition) is 2. The SMILES string of the molecule is CC.CN1CCCc2ccc(C(=O)O)cc21. The number of nitrogens with zero attached hydrogens (tertiary/aromatic N) is 1. The van der Waals surface area contributed by atoms with Crippen LogP contribution in [0.5, 0.6) is 0 Å². The number of aryl methyl sites for hydroxylation is 1. The van der Waals surface area contributed by atoms with Gasteiger partial charge in [0.05, 0.1) is 5.56 Å². The van der Waals surface area contributed by atoms with Crippen molar-refractivity contribution in [1.29, 1.82) is 0 Å². The maximum absolute atomic E-state index is 10.8. The lowest BCUT2D eigenvalue weighted by Gasteiger charge is -2.27. The molecule has 1 aromatic carbocycles. The molecule has 0 bridgehead atoms. The van der Waals surface area contributed by atoms with E-state index in [0.29, 0.717) is 5.56 Å². The monoisotopic (exact) mass is 221 g/mol. The lowest BCUT2D eigenvalue weighted by atomic mass is 10.00. The largest absolute Gasteiger partial charge is 0.478 e. The molecular weight excluding hydrogens is 202 g/mol. The predicted molar refractivity (Wildman–Crippen MR) is 66.3 cm³/mol. The Labute approximate surface area is 96.7 Å². The molecule has 16 heavy (non-hydrogen) atoms. The summed E-state index contributed by atoms with van der Waals surface area (Å²) in [5.74, 6) is -0.855. The Morgan fingerprint density at radius 2 is 2.06 bits per heavy atom. The van der Waals surface area contributed by atoms with Crippen molar-refractivity contribution in [3.8, 4) is 0 Å². The van der Waals surface area contributed by atoms with Gasteiger partial charge in [0.1, 0.15) is 0 Å². The predicted octanol–water partition coefficient (Wildman–Crippen LogP) is 2.79. The zero-order valence-electron chi connectivity index (χ0n) is 10.2. The van der Waals surface area contributed by atoms with Crippen molar-refractivity contribution in [1.82, 2.24) is 0 Å². The van der Waals surface area contributed by atoms with Crippen molar-refractivity contribution in [3.63, 3.8) is 0 Å². The van der Waals surface area contributed by atoms with Crippen LogP contribution in [0.1, 0.15) is 36.2 Å². The zero-order chi connectivity index (χ0) is 12.1. The van der Waals surface area contributed by atoms with Crippen molar-refractivity contribution in [2.24, 2.45) is 0 Å². The maximum Gasteiger partial charge on any atom is 0.335 e. The van der Waals surface area contributed by atoms with Crippen LogP contribution in [0.4, 0.5) is 5.69 Å². The summed E-state index contributed by atoms with van der Waals surface area (Å²) in [7, 11) is 2.00. The zero-order valence-corrected chi connectivity index (χ0v) is 10.2. The van der Waals surface area contributed by atoms with Gasteiger partial charge in [-0.1, -0.05) is 19.9 Å². The number of rotatable bonds is 1. The second-order valence-corrected chi connectivity index (χ2v) is 3.67. The van der Waals surface area contributed by atoms with E-state index in [4.69, 9.17) is 5.11 Å². The highest BCUT2D eigenvalue weighted by molar-refractivity contribution is 5.89. The van der Waals surface area contributed by atoms with Gasteiger partial charge in [0, 0.05) is 19.3 Å². The number of carboxylic acids is 1. The third-order valence-corrected chi connectivity index (χ3v) is 2.68. The quantitative estimate of drug-likeness (QED) is 0.792. The van der Waals surface area contributed by atoms with Gasteiger partial charge >= 0.3 is 5.97 Å². The summed E-state index contributed by atoms with van der Waals surface area (Å²) in [5.41, 5.74) is 2.69. The van der Waals surface area contributed by atoms with Gasteiger partial charge in [-0.15, -0.1) is 0 Å². The van der Waals surface area contributed by atoms with Gasteiger partial charge in [0.2, 0.25) is 0 Å². The molecule has 0 saturated heterocycles. The Morgan fingerprint density at radius 1 is 1.38 bits per heavy atom. The van der Waals surface area contributed by atoms with Crippen LogP contribution >= 0.6 is 0 Å². The highest BCUT2D eigenvalue weighted by Gasteiger charge is 2.15. The van der Waals surface area contributed by atoms with Crippen molar-refractivity contribution >= 4 is 11.7 Å². The number of anilines is 1. The average Bonchev–Trinajstić information content (AvgIpc) is 2.32. The molecule has 1 aromatic rings. The highest BCUT2D eigenvalue weighted by Crippen LogP contribution is 2.26. The lowest BCUT2D eigenvalue weighted by Crippen LogP contribution is -2.24. The standard InChI is InChI=1S/C11H13NO2.C2H6/c1-12-6-2-3-8-4-5-9(11(13)14)7-10(8)12;1-2/h4-5,7H,2-3,6H2,1H3,(H,13,14);1-2H3. The summed E-state index contributed by atoms with van der Waals surface area (Å²) in [6.07, 6.45) is 2.20. The third kappa shape index (κ3) is 2.54. The molecule has 0 spiro atoms. The highest BCUT2D eigenvalue weighted by atomic mass is 16.4. The molecule has 0 fully saturated rings. The first-order valence-electron chi connectivity index (χ1n) is 5.76. The van der Waals surface area contributed by atoms with E-state index in [1.165, 1.54) is 5.56 Å². The fraction of sp³-hybridized carbons (Fsp3) is 0.462. The first kappa shape index (κ1) is 12.6. The molecular formula is C13H19NO2. The smallest absolute Gasteiger partial charge is 0.335 e. The van der Waals surface area contributed by atoms with E-state index < -0.39 is 5.97 Å². The van der Waals surface area contributed by atoms with Gasteiger partial charge in [-0.05, 0) is 30.5 Å². The number of carbonyl (C=O) groups is 1. The second-order valence-electron chi connectivity index (χ2n) is 3.67. The summed E-state index contributed by atoms with van der Waals surface area (Å²) in [4.78, 5) is 12.9. The van der Waals surface area contributed by atoms with E-state index in [1.807, 2.05) is 27.0 Å². The van der Waals surface area contributed by atoms with Gasteiger partial charge in [-0.25, -0.2) is 4.79 Å². The summed E-state index contributed by atoms with van der Waals surface area (Å²) >= 11 is 0. The number of hydrogen-bond donors (Lipinski definition) is 1. The Morgan fingerprint density at radius 3 is 2.69 bits per heavy atom. The topological polar surface area (TPSA) is 40.5 Å². The minimum atomic E-state index is -0.855. The minimum absolute atomic E-state index is 0.373. The van der Waals surface area contributed by atoms with Crippen LogP contribution in [0.25, 0.3) is 0 Å². The maximum atomic E-state index is 10.8. The summed E-state index contributed by atoms with van der Waals surface area (Å²) in [6, 6.07) is 5.37. The van der Waals surface area contributed by atoms with Crippen molar-refractivity contribution in [2.45, 2.75) is 26.7 Å². The molecule has 0 aliphatic carbocycles. The van der Waals surface area contributed by atoms with Gasteiger partial charge in [0.15, 0.2) is 0 Å². The summed E-state index contributed by atoms with van der Waals surface area (Å²) < 4.78 is 0. The number of aromatic carboxylic acids is 1. The minimum Gasteiger partial charge on any atom is -0.478 e. The first-order valence-corrected chi connectivity index (χ1v) is 5.76. The molecule has 3 nitrogen and oxygen atoms in total. The molecule has 0 aromatic heterocycles. The van der Waals surface area contributed by atoms with Crippen LogP contribution in [0.2, 0.25) is 0 Å². The Hall–Kier alpha value is -1.51. The van der Waals surface area contributed by atoms with Crippen LogP contribution in [0.15, 0.2) is 18.2 Å². The van der Waals surface area contributed by atoms with Gasteiger partial charge < -0.3 is 10.0 Å². The molecule has 0 amide bonds. The number of benzene rings is 1. The van der Waals surface area contributed by atoms with Crippen LogP contribution < -0.4 is 4.90 Å². The van der Waals surface area contributed by atoms with Gasteiger partial charge in [-0.3, -0.25) is 0 Å². The number of fused-ring (bicyclic) bond motifs is 1. The second kappa shape index (κ2) is 5.54. The first-order chi connectivity index (χ1) is 7.68. The van der Waals surface area contributed by atoms with Crippen molar-refractivity contribution < 1.29 is 9.90 Å². The van der Waals surface area contributed by atoms with E-state index in [0.717, 1.165) is 25.1 Å². The molecule has 2 rings (SSSR count). The van der Waals surface area contributed by atoms with Crippen LogP contribution in [-0.2, 0) is 6.42 Å². The summed E-state index contributed by atoms with van der Waals surface area (Å²) in [6.45, 7) is 5.01. The molecule has 0 saturated carbocycles. The van der Waals surface area contributed by atoms with E-state index in [1.54, 1.807) is 12.1 Å². The van der Waals surface area contributed by atoms with Crippen LogP contribution in [-0.4, -0.2) is 24.7 Å². The molecule has 1 N–H and O–H groups in total. The van der Waals surface area contributed by atoms with Gasteiger partial charge in [0.25, 0.3) is 0 Å². The third-order valence-electron chi connectivity index (χ3n) is 2.68. The van der Waals surface area contributed by atoms with E-state index in [-0.39, 0.29) is 0 Å². The Kier molecular flexibility index (Phi) is 4.35. The Balaban J connectivity index is 0.000000606. The average molecular weight is 221 g/mol. The molecule has 0 atom stereocenters. The van der Waals surface area contributed by atoms with E-state index >= 15 is 0 Å². The summed E-state index contributed by atoms with van der Waals surface area (Å²) in [5, 5.41) is 8.85. The molecule has 3 heteroatoms. The van der Waals surface area contributed by atoms with E-state index in [9.17, 15) is 4.79 Å². The fourth-order valence-electron chi connectivity index (χ4n) is 1.89. The van der Waals surface area contributed by atoms with Crippen molar-refractivity contribution in [3.05, 3.63) is 29.3 Å². The van der Waals surface area contributed by atoms with Gasteiger partial charge in [-0.2, -0.15) is 0 Å². The number of carboxylic acid groups (broad SMARTS) is 1. The Bertz CT molecular complexity index is 374. The van der Waals surface area contributed by atoms with Crippen LogP contribution in [0, 0.1) is 0 Å². The van der Waals surface area contributed by atoms with Crippen LogP contribution in [0.3, 0.4) is 0 Å². The molecule has 1 heterocycles. The fourth-order valence-corrected chi connectivity index (χ4v) is 1.89. The normalized spacial score (nSPS) is 13.6. The lowest BCUT2D eigenvalue weighted by molar-refractivity contribution is 0.0697.